The summed E-state index contributed by atoms with van der Waals surface area (Å²) in [6.07, 6.45) is 0. The Hall–Kier alpha value is -0.390. The molecule has 0 bridgehead atoms. The first kappa shape index (κ1) is 15.6. The van der Waals surface area contributed by atoms with Gasteiger partial charge in [0.1, 0.15) is 0 Å². The standard InChI is InChI=1S/C11H25N3OS/c1-10(2)9-13-11(16)12-5-7-15-8-6-14(3)4/h10H,5-9H2,1-4H3,(H2,12,13,16). The molecule has 96 valence electrons. The van der Waals surface area contributed by atoms with Gasteiger partial charge in [0.25, 0.3) is 0 Å². The summed E-state index contributed by atoms with van der Waals surface area (Å²) in [5, 5.41) is 6.97. The molecule has 0 saturated carbocycles. The first-order valence-electron chi connectivity index (χ1n) is 5.76. The van der Waals surface area contributed by atoms with Crippen molar-refractivity contribution in [3.05, 3.63) is 0 Å². The Labute approximate surface area is 105 Å². The van der Waals surface area contributed by atoms with Crippen molar-refractivity contribution in [1.29, 1.82) is 0 Å². The van der Waals surface area contributed by atoms with Crippen LogP contribution in [0, 0.1) is 5.92 Å². The van der Waals surface area contributed by atoms with Gasteiger partial charge in [0.15, 0.2) is 5.11 Å². The molecule has 0 spiro atoms. The second kappa shape index (κ2) is 9.81. The molecule has 0 aromatic rings. The van der Waals surface area contributed by atoms with Gasteiger partial charge in [-0.2, -0.15) is 0 Å². The highest BCUT2D eigenvalue weighted by molar-refractivity contribution is 7.80. The summed E-state index contributed by atoms with van der Waals surface area (Å²) in [7, 11) is 4.07. The highest BCUT2D eigenvalue weighted by Gasteiger charge is 1.97. The second-order valence-corrected chi connectivity index (χ2v) is 4.85. The first-order valence-corrected chi connectivity index (χ1v) is 6.17. The fraction of sp³-hybridized carbons (Fsp3) is 0.909. The largest absolute Gasteiger partial charge is 0.378 e. The maximum absolute atomic E-state index is 5.43. The second-order valence-electron chi connectivity index (χ2n) is 4.45. The van der Waals surface area contributed by atoms with E-state index >= 15 is 0 Å². The van der Waals surface area contributed by atoms with Crippen molar-refractivity contribution in [2.24, 2.45) is 5.92 Å². The third-order valence-electron chi connectivity index (χ3n) is 1.89. The van der Waals surface area contributed by atoms with E-state index in [9.17, 15) is 0 Å². The molecule has 0 atom stereocenters. The predicted octanol–water partition coefficient (Wildman–Crippen LogP) is 0.685. The van der Waals surface area contributed by atoms with Gasteiger partial charge in [-0.3, -0.25) is 0 Å². The fourth-order valence-electron chi connectivity index (χ4n) is 0.945. The Bertz CT molecular complexity index is 186. The Balaban J connectivity index is 3.21. The van der Waals surface area contributed by atoms with Crippen LogP contribution in [0.3, 0.4) is 0 Å². The zero-order chi connectivity index (χ0) is 12.4. The summed E-state index contributed by atoms with van der Waals surface area (Å²) in [6.45, 7) is 8.39. The summed E-state index contributed by atoms with van der Waals surface area (Å²) in [5.74, 6) is 0.607. The van der Waals surface area contributed by atoms with Crippen LogP contribution in [0.5, 0.6) is 0 Å². The predicted molar refractivity (Wildman–Crippen MR) is 72.8 cm³/mol. The van der Waals surface area contributed by atoms with Gasteiger partial charge in [-0.15, -0.1) is 0 Å². The van der Waals surface area contributed by atoms with Crippen LogP contribution in [0.2, 0.25) is 0 Å². The van der Waals surface area contributed by atoms with Crippen molar-refractivity contribution >= 4 is 17.3 Å². The van der Waals surface area contributed by atoms with E-state index in [2.05, 4.69) is 29.4 Å². The third-order valence-corrected chi connectivity index (χ3v) is 2.17. The molecular weight excluding hydrogens is 222 g/mol. The highest BCUT2D eigenvalue weighted by atomic mass is 32.1. The lowest BCUT2D eigenvalue weighted by Crippen LogP contribution is -2.38. The molecule has 0 amide bonds. The number of ether oxygens (including phenoxy) is 1. The number of nitrogens with one attached hydrogen (secondary N) is 2. The molecule has 2 N–H and O–H groups in total. The van der Waals surface area contributed by atoms with Crippen LogP contribution in [0.1, 0.15) is 13.8 Å². The number of hydrogen-bond acceptors (Lipinski definition) is 3. The average molecular weight is 247 g/mol. The van der Waals surface area contributed by atoms with Crippen LogP contribution in [-0.4, -0.2) is 57.0 Å². The van der Waals surface area contributed by atoms with Gasteiger partial charge in [0.2, 0.25) is 0 Å². The minimum atomic E-state index is 0.607. The van der Waals surface area contributed by atoms with Gasteiger partial charge < -0.3 is 20.3 Å². The number of rotatable bonds is 8. The van der Waals surface area contributed by atoms with Gasteiger partial charge in [-0.05, 0) is 32.2 Å². The molecule has 5 heteroatoms. The molecule has 0 rings (SSSR count). The normalized spacial score (nSPS) is 10.9. The lowest BCUT2D eigenvalue weighted by molar-refractivity contribution is 0.122. The minimum absolute atomic E-state index is 0.607. The molecule has 0 aliphatic rings. The van der Waals surface area contributed by atoms with Crippen LogP contribution < -0.4 is 10.6 Å². The molecule has 0 heterocycles. The van der Waals surface area contributed by atoms with Crippen molar-refractivity contribution < 1.29 is 4.74 Å². The maximum Gasteiger partial charge on any atom is 0.166 e. The molecule has 0 unspecified atom stereocenters. The third kappa shape index (κ3) is 11.7. The van der Waals surface area contributed by atoms with E-state index in [1.165, 1.54) is 0 Å². The Kier molecular flexibility index (Phi) is 9.57. The van der Waals surface area contributed by atoms with E-state index in [4.69, 9.17) is 17.0 Å². The van der Waals surface area contributed by atoms with E-state index in [0.717, 1.165) is 26.2 Å². The van der Waals surface area contributed by atoms with Crippen LogP contribution >= 0.6 is 12.2 Å². The smallest absolute Gasteiger partial charge is 0.166 e. The van der Waals surface area contributed by atoms with E-state index in [1.807, 2.05) is 14.1 Å². The SMILES string of the molecule is CC(C)CNC(=S)NCCOCCN(C)C. The quantitative estimate of drug-likeness (QED) is 0.487. The van der Waals surface area contributed by atoms with Crippen molar-refractivity contribution in [2.75, 3.05) is 46.9 Å². The monoisotopic (exact) mass is 247 g/mol. The molecule has 0 aliphatic heterocycles. The van der Waals surface area contributed by atoms with Gasteiger partial charge in [0, 0.05) is 19.6 Å². The maximum atomic E-state index is 5.43. The summed E-state index contributed by atoms with van der Waals surface area (Å²) in [4.78, 5) is 2.10. The summed E-state index contributed by atoms with van der Waals surface area (Å²) >= 11 is 5.11. The zero-order valence-corrected chi connectivity index (χ0v) is 11.7. The first-order chi connectivity index (χ1) is 7.52. The van der Waals surface area contributed by atoms with E-state index in [1.54, 1.807) is 0 Å². The summed E-state index contributed by atoms with van der Waals surface area (Å²) in [5.41, 5.74) is 0. The average Bonchev–Trinajstić information content (AvgIpc) is 2.19. The Morgan fingerprint density at radius 2 is 1.94 bits per heavy atom. The van der Waals surface area contributed by atoms with Crippen LogP contribution in [0.25, 0.3) is 0 Å². The van der Waals surface area contributed by atoms with E-state index in [0.29, 0.717) is 17.6 Å². The minimum Gasteiger partial charge on any atom is -0.378 e. The number of likely N-dealkylation sites (N-methyl/N-ethyl adjacent to an activating group) is 1. The number of nitrogens with zero attached hydrogens (tertiary/aromatic N) is 1. The van der Waals surface area contributed by atoms with Gasteiger partial charge in [0.05, 0.1) is 13.2 Å². The van der Waals surface area contributed by atoms with Gasteiger partial charge >= 0.3 is 0 Å². The van der Waals surface area contributed by atoms with Gasteiger partial charge in [-0.25, -0.2) is 0 Å². The fourth-order valence-corrected chi connectivity index (χ4v) is 1.13. The van der Waals surface area contributed by atoms with Crippen molar-refractivity contribution in [2.45, 2.75) is 13.8 Å². The molecule has 0 saturated heterocycles. The van der Waals surface area contributed by atoms with Crippen LogP contribution in [0.15, 0.2) is 0 Å². The lowest BCUT2D eigenvalue weighted by Gasteiger charge is -2.13. The van der Waals surface area contributed by atoms with Crippen molar-refractivity contribution in [3.8, 4) is 0 Å². The highest BCUT2D eigenvalue weighted by Crippen LogP contribution is 1.86. The van der Waals surface area contributed by atoms with E-state index < -0.39 is 0 Å². The zero-order valence-electron chi connectivity index (χ0n) is 10.9. The molecule has 4 nitrogen and oxygen atoms in total. The molecular formula is C11H25N3OS. The molecule has 0 aliphatic carbocycles. The summed E-state index contributed by atoms with van der Waals surface area (Å²) in [6, 6.07) is 0. The van der Waals surface area contributed by atoms with Crippen LogP contribution in [0.4, 0.5) is 0 Å². The molecule has 0 radical (unpaired) electrons. The van der Waals surface area contributed by atoms with Crippen molar-refractivity contribution in [3.63, 3.8) is 0 Å². The number of thiocarbonyl (C=S) groups is 1. The Morgan fingerprint density at radius 1 is 1.25 bits per heavy atom. The van der Waals surface area contributed by atoms with Gasteiger partial charge in [-0.1, -0.05) is 13.8 Å². The van der Waals surface area contributed by atoms with Crippen molar-refractivity contribution in [1.82, 2.24) is 15.5 Å². The van der Waals surface area contributed by atoms with E-state index in [-0.39, 0.29) is 0 Å². The molecule has 0 fully saturated rings. The van der Waals surface area contributed by atoms with Crippen LogP contribution in [-0.2, 0) is 4.74 Å². The Morgan fingerprint density at radius 3 is 2.50 bits per heavy atom. The lowest BCUT2D eigenvalue weighted by atomic mass is 10.2. The summed E-state index contributed by atoms with van der Waals surface area (Å²) < 4.78 is 5.43. The number of hydrogen-bond donors (Lipinski definition) is 2. The topological polar surface area (TPSA) is 36.5 Å². The molecule has 0 aromatic carbocycles. The molecule has 0 aromatic heterocycles. The molecule has 16 heavy (non-hydrogen) atoms.